The summed E-state index contributed by atoms with van der Waals surface area (Å²) in [5.41, 5.74) is 3.43. The van der Waals surface area contributed by atoms with E-state index in [9.17, 15) is 0 Å². The minimum absolute atomic E-state index is 0.662. The fraction of sp³-hybridized carbons (Fsp3) is 0.263. The summed E-state index contributed by atoms with van der Waals surface area (Å²) in [7, 11) is 4.91. The smallest absolute Gasteiger partial charge is 0.164 e. The molecule has 0 aliphatic rings. The molecule has 0 atom stereocenters. The van der Waals surface area contributed by atoms with Crippen LogP contribution in [0.1, 0.15) is 11.1 Å². The maximum absolute atomic E-state index is 5.47. The molecule has 1 aromatic heterocycles. The van der Waals surface area contributed by atoms with Crippen molar-refractivity contribution in [3.05, 3.63) is 53.7 Å². The zero-order chi connectivity index (χ0) is 16.9. The number of fused-ring (bicyclic) bond motifs is 1. The van der Waals surface area contributed by atoms with Crippen LogP contribution in [0.3, 0.4) is 0 Å². The third kappa shape index (κ3) is 3.16. The van der Waals surface area contributed by atoms with E-state index in [2.05, 4.69) is 34.6 Å². The topological polar surface area (TPSA) is 55.5 Å². The fourth-order valence-electron chi connectivity index (χ4n) is 2.87. The third-order valence-electron chi connectivity index (χ3n) is 4.10. The van der Waals surface area contributed by atoms with Crippen molar-refractivity contribution in [1.29, 1.82) is 0 Å². The lowest BCUT2D eigenvalue weighted by atomic mass is 10.1. The summed E-state index contributed by atoms with van der Waals surface area (Å²) in [6, 6.07) is 12.2. The Labute approximate surface area is 141 Å². The van der Waals surface area contributed by atoms with Crippen LogP contribution in [-0.2, 0) is 13.1 Å². The summed E-state index contributed by atoms with van der Waals surface area (Å²) in [6.07, 6.45) is 1.96. The molecule has 0 saturated carbocycles. The molecule has 0 fully saturated rings. The van der Waals surface area contributed by atoms with Crippen molar-refractivity contribution in [3.8, 4) is 17.2 Å². The van der Waals surface area contributed by atoms with Gasteiger partial charge < -0.3 is 24.5 Å². The lowest BCUT2D eigenvalue weighted by Crippen LogP contribution is -2.13. The minimum Gasteiger partial charge on any atom is -0.496 e. The SMILES string of the molecule is COc1cc(OC)c(OC)cc1CNCc1cccc2[nH]ccc12. The number of methoxy groups -OCH3 is 3. The molecule has 1 heterocycles. The van der Waals surface area contributed by atoms with Crippen LogP contribution in [0, 0.1) is 0 Å². The summed E-state index contributed by atoms with van der Waals surface area (Å²) in [6.45, 7) is 1.44. The molecule has 24 heavy (non-hydrogen) atoms. The van der Waals surface area contributed by atoms with Gasteiger partial charge in [0, 0.05) is 41.8 Å². The number of aromatic amines is 1. The molecular formula is C19H22N2O3. The van der Waals surface area contributed by atoms with E-state index in [1.807, 2.05) is 18.3 Å². The molecule has 3 aromatic rings. The van der Waals surface area contributed by atoms with Gasteiger partial charge in [-0.05, 0) is 23.8 Å². The first-order valence-corrected chi connectivity index (χ1v) is 7.81. The van der Waals surface area contributed by atoms with E-state index < -0.39 is 0 Å². The summed E-state index contributed by atoms with van der Waals surface area (Å²) < 4.78 is 16.2. The van der Waals surface area contributed by atoms with E-state index in [0.29, 0.717) is 18.0 Å². The Kier molecular flexibility index (Phi) is 4.91. The maximum Gasteiger partial charge on any atom is 0.164 e. The maximum atomic E-state index is 5.47. The van der Waals surface area contributed by atoms with Gasteiger partial charge in [0.1, 0.15) is 5.75 Å². The second-order valence-electron chi connectivity index (χ2n) is 5.48. The van der Waals surface area contributed by atoms with Crippen LogP contribution >= 0.6 is 0 Å². The highest BCUT2D eigenvalue weighted by Crippen LogP contribution is 2.34. The van der Waals surface area contributed by atoms with Crippen LogP contribution in [0.4, 0.5) is 0 Å². The molecule has 0 unspecified atom stereocenters. The first-order chi connectivity index (χ1) is 11.8. The number of nitrogens with one attached hydrogen (secondary N) is 2. The standard InChI is InChI=1S/C19H22N2O3/c1-22-17-10-19(24-3)18(23-2)9-14(17)12-20-11-13-5-4-6-16-15(13)7-8-21-16/h4-10,20-21H,11-12H2,1-3H3. The molecule has 126 valence electrons. The average Bonchev–Trinajstić information content (AvgIpc) is 3.10. The van der Waals surface area contributed by atoms with Crippen molar-refractivity contribution >= 4 is 10.9 Å². The first kappa shape index (κ1) is 16.2. The predicted molar refractivity (Wildman–Crippen MR) is 94.9 cm³/mol. The highest BCUT2D eigenvalue weighted by molar-refractivity contribution is 5.82. The third-order valence-corrected chi connectivity index (χ3v) is 4.10. The Morgan fingerprint density at radius 1 is 0.833 bits per heavy atom. The van der Waals surface area contributed by atoms with Crippen LogP contribution in [0.5, 0.6) is 17.2 Å². The zero-order valence-corrected chi connectivity index (χ0v) is 14.2. The quantitative estimate of drug-likeness (QED) is 0.698. The highest BCUT2D eigenvalue weighted by atomic mass is 16.5. The number of ether oxygens (including phenoxy) is 3. The van der Waals surface area contributed by atoms with Crippen LogP contribution in [0.2, 0.25) is 0 Å². The van der Waals surface area contributed by atoms with Crippen molar-refractivity contribution in [3.63, 3.8) is 0 Å². The molecule has 0 amide bonds. The van der Waals surface area contributed by atoms with Gasteiger partial charge in [0.2, 0.25) is 0 Å². The Balaban J connectivity index is 1.75. The Morgan fingerprint density at radius 2 is 1.54 bits per heavy atom. The molecule has 0 spiro atoms. The summed E-state index contributed by atoms with van der Waals surface area (Å²) in [5, 5.41) is 4.71. The van der Waals surface area contributed by atoms with Crippen molar-refractivity contribution in [2.45, 2.75) is 13.1 Å². The Bertz CT molecular complexity index is 827. The van der Waals surface area contributed by atoms with Crippen LogP contribution in [0.25, 0.3) is 10.9 Å². The monoisotopic (exact) mass is 326 g/mol. The van der Waals surface area contributed by atoms with E-state index in [1.165, 1.54) is 10.9 Å². The first-order valence-electron chi connectivity index (χ1n) is 7.81. The van der Waals surface area contributed by atoms with Crippen molar-refractivity contribution in [1.82, 2.24) is 10.3 Å². The van der Waals surface area contributed by atoms with Crippen LogP contribution < -0.4 is 19.5 Å². The van der Waals surface area contributed by atoms with E-state index in [-0.39, 0.29) is 0 Å². The fourth-order valence-corrected chi connectivity index (χ4v) is 2.87. The van der Waals surface area contributed by atoms with E-state index in [4.69, 9.17) is 14.2 Å². The molecule has 0 radical (unpaired) electrons. The molecule has 0 aliphatic carbocycles. The van der Waals surface area contributed by atoms with Gasteiger partial charge in [-0.2, -0.15) is 0 Å². The number of aromatic nitrogens is 1. The summed E-state index contributed by atoms with van der Waals surface area (Å²) in [4.78, 5) is 3.24. The van der Waals surface area contributed by atoms with Gasteiger partial charge in [-0.3, -0.25) is 0 Å². The van der Waals surface area contributed by atoms with Gasteiger partial charge in [0.05, 0.1) is 21.3 Å². The molecule has 0 saturated heterocycles. The van der Waals surface area contributed by atoms with Crippen molar-refractivity contribution in [2.24, 2.45) is 0 Å². The number of benzene rings is 2. The molecule has 5 heteroatoms. The van der Waals surface area contributed by atoms with Gasteiger partial charge in [0.25, 0.3) is 0 Å². The summed E-state index contributed by atoms with van der Waals surface area (Å²) >= 11 is 0. The number of rotatable bonds is 7. The van der Waals surface area contributed by atoms with Gasteiger partial charge in [-0.15, -0.1) is 0 Å². The molecule has 5 nitrogen and oxygen atoms in total. The van der Waals surface area contributed by atoms with E-state index >= 15 is 0 Å². The normalized spacial score (nSPS) is 10.8. The molecule has 3 rings (SSSR count). The minimum atomic E-state index is 0.662. The molecule has 2 aromatic carbocycles. The van der Waals surface area contributed by atoms with Gasteiger partial charge >= 0.3 is 0 Å². The van der Waals surface area contributed by atoms with Crippen LogP contribution in [0.15, 0.2) is 42.6 Å². The number of hydrogen-bond donors (Lipinski definition) is 2. The second-order valence-corrected chi connectivity index (χ2v) is 5.48. The zero-order valence-electron chi connectivity index (χ0n) is 14.2. The number of hydrogen-bond acceptors (Lipinski definition) is 4. The molecule has 0 bridgehead atoms. The van der Waals surface area contributed by atoms with E-state index in [0.717, 1.165) is 23.4 Å². The lowest BCUT2D eigenvalue weighted by molar-refractivity contribution is 0.347. The predicted octanol–water partition coefficient (Wildman–Crippen LogP) is 3.48. The highest BCUT2D eigenvalue weighted by Gasteiger charge is 2.11. The van der Waals surface area contributed by atoms with Gasteiger partial charge in [-0.1, -0.05) is 12.1 Å². The second kappa shape index (κ2) is 7.27. The van der Waals surface area contributed by atoms with Gasteiger partial charge in [0.15, 0.2) is 11.5 Å². The van der Waals surface area contributed by atoms with Gasteiger partial charge in [-0.25, -0.2) is 0 Å². The molecule has 0 aliphatic heterocycles. The Morgan fingerprint density at radius 3 is 2.29 bits per heavy atom. The number of H-pyrrole nitrogens is 1. The average molecular weight is 326 g/mol. The van der Waals surface area contributed by atoms with Crippen molar-refractivity contribution in [2.75, 3.05) is 21.3 Å². The molecular weight excluding hydrogens is 304 g/mol. The van der Waals surface area contributed by atoms with Crippen LogP contribution in [-0.4, -0.2) is 26.3 Å². The van der Waals surface area contributed by atoms with E-state index in [1.54, 1.807) is 21.3 Å². The largest absolute Gasteiger partial charge is 0.496 e. The summed E-state index contributed by atoms with van der Waals surface area (Å²) in [5.74, 6) is 2.14. The Hall–Kier alpha value is -2.66. The lowest BCUT2D eigenvalue weighted by Gasteiger charge is -2.14. The van der Waals surface area contributed by atoms with Crippen molar-refractivity contribution < 1.29 is 14.2 Å². The molecule has 2 N–H and O–H groups in total.